The Hall–Kier alpha value is -2.88. The average Bonchev–Trinajstić information content (AvgIpc) is 3.23. The Labute approximate surface area is 193 Å². The third-order valence-electron chi connectivity index (χ3n) is 4.97. The number of fused-ring (bicyclic) bond motifs is 3. The molecule has 4 aromatic rings. The molecule has 0 aliphatic rings. The second-order valence-corrected chi connectivity index (χ2v) is 8.44. The molecule has 0 spiro atoms. The first kappa shape index (κ1) is 22.3. The van der Waals surface area contributed by atoms with E-state index in [1.165, 1.54) is 11.8 Å². The first-order chi connectivity index (χ1) is 15.6. The lowest BCUT2D eigenvalue weighted by atomic mass is 10.2. The normalized spacial score (nSPS) is 11.3. The lowest BCUT2D eigenvalue weighted by Gasteiger charge is -2.11. The van der Waals surface area contributed by atoms with Crippen LogP contribution in [-0.2, 0) is 22.6 Å². The van der Waals surface area contributed by atoms with E-state index < -0.39 is 0 Å². The molecule has 0 aliphatic heterocycles. The molecule has 0 saturated heterocycles. The molecule has 1 amide bonds. The van der Waals surface area contributed by atoms with Gasteiger partial charge in [-0.05, 0) is 30.2 Å². The van der Waals surface area contributed by atoms with Gasteiger partial charge in [0.05, 0.1) is 16.7 Å². The Bertz CT molecular complexity index is 1320. The topological polar surface area (TPSA) is 90.5 Å². The monoisotopic (exact) mass is 471 g/mol. The molecule has 0 fully saturated rings. The third kappa shape index (κ3) is 4.64. The molecule has 0 bridgehead atoms. The van der Waals surface area contributed by atoms with Crippen molar-refractivity contribution in [1.82, 2.24) is 24.5 Å². The van der Waals surface area contributed by atoms with Gasteiger partial charge in [-0.3, -0.25) is 18.6 Å². The van der Waals surface area contributed by atoms with Crippen molar-refractivity contribution in [2.75, 3.05) is 19.5 Å². The highest BCUT2D eigenvalue weighted by molar-refractivity contribution is 7.99. The van der Waals surface area contributed by atoms with Gasteiger partial charge in [0.15, 0.2) is 5.16 Å². The third-order valence-corrected chi connectivity index (χ3v) is 6.27. The zero-order valence-electron chi connectivity index (χ0n) is 17.5. The predicted molar refractivity (Wildman–Crippen MR) is 125 cm³/mol. The van der Waals surface area contributed by atoms with Crippen LogP contribution in [0.5, 0.6) is 0 Å². The smallest absolute Gasteiger partial charge is 0.262 e. The molecule has 166 valence electrons. The molecule has 0 saturated carbocycles. The number of nitrogens with one attached hydrogen (secondary N) is 1. The van der Waals surface area contributed by atoms with Crippen molar-refractivity contribution in [3.63, 3.8) is 0 Å². The minimum Gasteiger partial charge on any atom is -0.385 e. The molecule has 2 heterocycles. The van der Waals surface area contributed by atoms with Crippen LogP contribution in [-0.4, -0.2) is 44.5 Å². The second-order valence-electron chi connectivity index (χ2n) is 7.10. The number of hydrogen-bond donors (Lipinski definition) is 1. The number of hydrogen-bond acceptors (Lipinski definition) is 6. The molecule has 0 radical (unpaired) electrons. The van der Waals surface area contributed by atoms with Gasteiger partial charge >= 0.3 is 0 Å². The SMILES string of the molecule is COCCCn1c(=O)c2ccccc2n2c(SCC(=O)NCc3ccccc3Cl)nnc12. The Kier molecular flexibility index (Phi) is 7.09. The number of aryl methyl sites for hydroxylation is 1. The number of aromatic nitrogens is 4. The quantitative estimate of drug-likeness (QED) is 0.298. The van der Waals surface area contributed by atoms with Crippen molar-refractivity contribution in [3.05, 3.63) is 69.5 Å². The van der Waals surface area contributed by atoms with Crippen LogP contribution < -0.4 is 10.9 Å². The number of halogens is 1. The molecule has 0 aliphatic carbocycles. The van der Waals surface area contributed by atoms with E-state index in [1.807, 2.05) is 40.8 Å². The van der Waals surface area contributed by atoms with Crippen LogP contribution in [0.1, 0.15) is 12.0 Å². The molecule has 0 unspecified atom stereocenters. The molecule has 2 aromatic heterocycles. The minimum atomic E-state index is -0.149. The van der Waals surface area contributed by atoms with Crippen LogP contribution in [0.25, 0.3) is 16.7 Å². The summed E-state index contributed by atoms with van der Waals surface area (Å²) in [6.45, 7) is 1.34. The number of carbonyl (C=O) groups excluding carboxylic acids is 1. The molecular formula is C22H22ClN5O3S. The fourth-order valence-electron chi connectivity index (χ4n) is 3.41. The van der Waals surface area contributed by atoms with Crippen LogP contribution >= 0.6 is 23.4 Å². The molecule has 10 heteroatoms. The Morgan fingerprint density at radius 1 is 1.16 bits per heavy atom. The summed E-state index contributed by atoms with van der Waals surface area (Å²) in [5, 5.41) is 13.1. The number of nitrogens with zero attached hydrogens (tertiary/aromatic N) is 4. The number of carbonyl (C=O) groups is 1. The molecule has 1 N–H and O–H groups in total. The van der Waals surface area contributed by atoms with E-state index in [4.69, 9.17) is 16.3 Å². The van der Waals surface area contributed by atoms with Crippen molar-refractivity contribution < 1.29 is 9.53 Å². The highest BCUT2D eigenvalue weighted by atomic mass is 35.5. The first-order valence-electron chi connectivity index (χ1n) is 10.1. The van der Waals surface area contributed by atoms with Crippen molar-refractivity contribution >= 4 is 46.0 Å². The zero-order chi connectivity index (χ0) is 22.5. The summed E-state index contributed by atoms with van der Waals surface area (Å²) in [6.07, 6.45) is 0.671. The van der Waals surface area contributed by atoms with Gasteiger partial charge in [0.2, 0.25) is 11.7 Å². The average molecular weight is 472 g/mol. The van der Waals surface area contributed by atoms with Crippen molar-refractivity contribution in [2.24, 2.45) is 0 Å². The molecule has 8 nitrogen and oxygen atoms in total. The fourth-order valence-corrected chi connectivity index (χ4v) is 4.38. The van der Waals surface area contributed by atoms with Crippen LogP contribution in [0, 0.1) is 0 Å². The molecule has 4 rings (SSSR count). The van der Waals surface area contributed by atoms with Crippen molar-refractivity contribution in [1.29, 1.82) is 0 Å². The maximum Gasteiger partial charge on any atom is 0.262 e. The van der Waals surface area contributed by atoms with Crippen LogP contribution in [0.3, 0.4) is 0 Å². The predicted octanol–water partition coefficient (Wildman–Crippen LogP) is 3.14. The molecule has 0 atom stereocenters. The number of thioether (sulfide) groups is 1. The van der Waals surface area contributed by atoms with Gasteiger partial charge in [-0.2, -0.15) is 0 Å². The lowest BCUT2D eigenvalue weighted by Crippen LogP contribution is -2.25. The molecular weight excluding hydrogens is 450 g/mol. The summed E-state index contributed by atoms with van der Waals surface area (Å²) in [5.74, 6) is 0.454. The summed E-state index contributed by atoms with van der Waals surface area (Å²) < 4.78 is 8.56. The Balaban J connectivity index is 1.57. The number of rotatable bonds is 9. The van der Waals surface area contributed by atoms with E-state index in [0.717, 1.165) is 5.56 Å². The van der Waals surface area contributed by atoms with Gasteiger partial charge in [0, 0.05) is 31.8 Å². The number of amides is 1. The van der Waals surface area contributed by atoms with Crippen LogP contribution in [0.2, 0.25) is 5.02 Å². The summed E-state index contributed by atoms with van der Waals surface area (Å²) in [7, 11) is 1.63. The largest absolute Gasteiger partial charge is 0.385 e. The highest BCUT2D eigenvalue weighted by Gasteiger charge is 2.17. The van der Waals surface area contributed by atoms with Gasteiger partial charge in [0.1, 0.15) is 0 Å². The van der Waals surface area contributed by atoms with E-state index in [1.54, 1.807) is 23.8 Å². The van der Waals surface area contributed by atoms with Gasteiger partial charge in [0.25, 0.3) is 5.56 Å². The number of methoxy groups -OCH3 is 1. The molecule has 32 heavy (non-hydrogen) atoms. The van der Waals surface area contributed by atoms with Gasteiger partial charge < -0.3 is 10.1 Å². The highest BCUT2D eigenvalue weighted by Crippen LogP contribution is 2.22. The Morgan fingerprint density at radius 3 is 2.75 bits per heavy atom. The fraction of sp³-hybridized carbons (Fsp3) is 0.273. The van der Waals surface area contributed by atoms with Gasteiger partial charge in [-0.1, -0.05) is 53.7 Å². The van der Waals surface area contributed by atoms with E-state index in [0.29, 0.717) is 53.0 Å². The number of para-hydroxylation sites is 1. The summed E-state index contributed by atoms with van der Waals surface area (Å²) in [4.78, 5) is 25.4. The van der Waals surface area contributed by atoms with Crippen LogP contribution in [0.15, 0.2) is 58.5 Å². The summed E-state index contributed by atoms with van der Waals surface area (Å²) in [6, 6.07) is 14.7. The number of benzene rings is 2. The summed E-state index contributed by atoms with van der Waals surface area (Å²) in [5.41, 5.74) is 1.44. The maximum absolute atomic E-state index is 13.0. The van der Waals surface area contributed by atoms with E-state index in [9.17, 15) is 9.59 Å². The van der Waals surface area contributed by atoms with Crippen molar-refractivity contribution in [3.8, 4) is 0 Å². The van der Waals surface area contributed by atoms with Gasteiger partial charge in [-0.15, -0.1) is 10.2 Å². The first-order valence-corrected chi connectivity index (χ1v) is 11.4. The van der Waals surface area contributed by atoms with Crippen LogP contribution in [0.4, 0.5) is 0 Å². The van der Waals surface area contributed by atoms with E-state index in [2.05, 4.69) is 15.5 Å². The zero-order valence-corrected chi connectivity index (χ0v) is 19.0. The Morgan fingerprint density at radius 2 is 1.94 bits per heavy atom. The standard InChI is InChI=1S/C22H22ClN5O3S/c1-31-12-6-11-27-20(30)16-8-3-5-10-18(16)28-21(27)25-26-22(28)32-14-19(29)24-13-15-7-2-4-9-17(15)23/h2-5,7-10H,6,11-14H2,1H3,(H,24,29). The summed E-state index contributed by atoms with van der Waals surface area (Å²) >= 11 is 7.41. The lowest BCUT2D eigenvalue weighted by molar-refractivity contribution is -0.118. The van der Waals surface area contributed by atoms with Crippen molar-refractivity contribution in [2.45, 2.75) is 24.7 Å². The second kappa shape index (κ2) is 10.2. The van der Waals surface area contributed by atoms with E-state index >= 15 is 0 Å². The van der Waals surface area contributed by atoms with E-state index in [-0.39, 0.29) is 17.2 Å². The van der Waals surface area contributed by atoms with Gasteiger partial charge in [-0.25, -0.2) is 0 Å². The number of ether oxygens (including phenoxy) is 1. The minimum absolute atomic E-state index is 0.120. The maximum atomic E-state index is 13.0. The molecule has 2 aromatic carbocycles.